The van der Waals surface area contributed by atoms with Crippen LogP contribution in [0.3, 0.4) is 0 Å². The number of thioether (sulfide) groups is 1. The summed E-state index contributed by atoms with van der Waals surface area (Å²) in [5.74, 6) is -0.314. The third-order valence-electron chi connectivity index (χ3n) is 4.02. The van der Waals surface area contributed by atoms with Crippen LogP contribution in [0.25, 0.3) is 0 Å². The normalized spacial score (nSPS) is 13.7. The monoisotopic (exact) mass is 358 g/mol. The quantitative estimate of drug-likeness (QED) is 0.827. The van der Waals surface area contributed by atoms with E-state index in [1.807, 2.05) is 17.0 Å². The predicted molar refractivity (Wildman–Crippen MR) is 97.3 cm³/mol. The Bertz CT molecular complexity index is 776. The van der Waals surface area contributed by atoms with Crippen LogP contribution in [0.5, 0.6) is 0 Å². The summed E-state index contributed by atoms with van der Waals surface area (Å²) >= 11 is 1.36. The molecule has 6 heteroatoms. The summed E-state index contributed by atoms with van der Waals surface area (Å²) in [5.41, 5.74) is 0.879. The third kappa shape index (κ3) is 4.60. The van der Waals surface area contributed by atoms with Crippen LogP contribution in [0.4, 0.5) is 10.1 Å². The van der Waals surface area contributed by atoms with E-state index in [0.29, 0.717) is 17.0 Å². The van der Waals surface area contributed by atoms with E-state index in [1.54, 1.807) is 24.3 Å². The molecule has 0 saturated carbocycles. The van der Waals surface area contributed by atoms with Crippen LogP contribution in [0, 0.1) is 5.82 Å². The summed E-state index contributed by atoms with van der Waals surface area (Å²) in [6.45, 7) is 1.64. The Labute approximate surface area is 150 Å². The lowest BCUT2D eigenvalue weighted by Gasteiger charge is -2.15. The van der Waals surface area contributed by atoms with Crippen LogP contribution in [0.1, 0.15) is 23.2 Å². The van der Waals surface area contributed by atoms with E-state index in [4.69, 9.17) is 0 Å². The molecule has 25 heavy (non-hydrogen) atoms. The fraction of sp³-hybridized carbons (Fsp3) is 0.263. The molecule has 0 aliphatic carbocycles. The lowest BCUT2D eigenvalue weighted by molar-refractivity contribution is -0.127. The summed E-state index contributed by atoms with van der Waals surface area (Å²) in [4.78, 5) is 27.3. The highest BCUT2D eigenvalue weighted by molar-refractivity contribution is 8.00. The van der Waals surface area contributed by atoms with Crippen molar-refractivity contribution in [3.05, 3.63) is 59.9 Å². The van der Waals surface area contributed by atoms with Crippen molar-refractivity contribution in [1.29, 1.82) is 0 Å². The van der Waals surface area contributed by atoms with Crippen LogP contribution < -0.4 is 5.32 Å². The van der Waals surface area contributed by atoms with Gasteiger partial charge in [0.1, 0.15) is 5.82 Å². The van der Waals surface area contributed by atoms with Gasteiger partial charge in [-0.15, -0.1) is 11.8 Å². The van der Waals surface area contributed by atoms with Crippen molar-refractivity contribution in [2.24, 2.45) is 0 Å². The van der Waals surface area contributed by atoms with Gasteiger partial charge < -0.3 is 10.2 Å². The van der Waals surface area contributed by atoms with Gasteiger partial charge in [-0.25, -0.2) is 4.39 Å². The first kappa shape index (κ1) is 17.5. The van der Waals surface area contributed by atoms with Crippen molar-refractivity contribution >= 4 is 29.3 Å². The summed E-state index contributed by atoms with van der Waals surface area (Å²) in [7, 11) is 0. The van der Waals surface area contributed by atoms with E-state index in [1.165, 1.54) is 23.9 Å². The number of rotatable bonds is 5. The molecule has 0 radical (unpaired) electrons. The molecule has 3 rings (SSSR count). The number of hydrogen-bond donors (Lipinski definition) is 1. The molecule has 1 saturated heterocycles. The van der Waals surface area contributed by atoms with E-state index in [9.17, 15) is 14.0 Å². The van der Waals surface area contributed by atoms with Crippen LogP contribution in [-0.4, -0.2) is 35.6 Å². The van der Waals surface area contributed by atoms with Crippen LogP contribution >= 0.6 is 11.8 Å². The number of halogens is 1. The Hall–Kier alpha value is -2.34. The van der Waals surface area contributed by atoms with Gasteiger partial charge in [0.2, 0.25) is 5.91 Å². The number of benzene rings is 2. The van der Waals surface area contributed by atoms with Gasteiger partial charge in [0, 0.05) is 23.7 Å². The van der Waals surface area contributed by atoms with E-state index in [-0.39, 0.29) is 11.8 Å². The number of nitrogens with zero attached hydrogens (tertiary/aromatic N) is 1. The number of carbonyl (C=O) groups excluding carboxylic acids is 2. The highest BCUT2D eigenvalue weighted by atomic mass is 32.2. The Morgan fingerprint density at radius 1 is 1.08 bits per heavy atom. The summed E-state index contributed by atoms with van der Waals surface area (Å²) in [6.07, 6.45) is 2.12. The molecule has 2 aromatic rings. The number of hydrogen-bond acceptors (Lipinski definition) is 3. The Kier molecular flexibility index (Phi) is 5.71. The topological polar surface area (TPSA) is 49.4 Å². The standard InChI is InChI=1S/C19H19FN2O2S/c20-14-6-5-7-15(12-14)21-19(24)16-8-1-2-9-17(16)25-13-18(23)22-10-3-4-11-22/h1-2,5-9,12H,3-4,10-11,13H2,(H,21,24). The molecule has 0 spiro atoms. The maximum Gasteiger partial charge on any atom is 0.256 e. The fourth-order valence-electron chi connectivity index (χ4n) is 2.74. The fourth-order valence-corrected chi connectivity index (χ4v) is 3.69. The zero-order chi connectivity index (χ0) is 17.6. The Morgan fingerprint density at radius 3 is 2.60 bits per heavy atom. The molecule has 1 heterocycles. The number of amides is 2. The first-order valence-corrected chi connectivity index (χ1v) is 9.18. The third-order valence-corrected chi connectivity index (χ3v) is 5.08. The zero-order valence-corrected chi connectivity index (χ0v) is 14.5. The average molecular weight is 358 g/mol. The van der Waals surface area contributed by atoms with E-state index < -0.39 is 5.82 Å². The first-order chi connectivity index (χ1) is 12.1. The lowest BCUT2D eigenvalue weighted by atomic mass is 10.2. The number of likely N-dealkylation sites (tertiary alicyclic amines) is 1. The van der Waals surface area contributed by atoms with Crippen LogP contribution in [0.15, 0.2) is 53.4 Å². The van der Waals surface area contributed by atoms with Crippen molar-refractivity contribution < 1.29 is 14.0 Å². The summed E-state index contributed by atoms with van der Waals surface area (Å²) in [5, 5.41) is 2.69. The maximum atomic E-state index is 13.3. The first-order valence-electron chi connectivity index (χ1n) is 8.20. The maximum absolute atomic E-state index is 13.3. The molecule has 2 amide bonds. The highest BCUT2D eigenvalue weighted by Crippen LogP contribution is 2.24. The van der Waals surface area contributed by atoms with Gasteiger partial charge in [-0.2, -0.15) is 0 Å². The molecule has 0 unspecified atom stereocenters. The highest BCUT2D eigenvalue weighted by Gasteiger charge is 2.19. The van der Waals surface area contributed by atoms with Crippen LogP contribution in [0.2, 0.25) is 0 Å². The Balaban J connectivity index is 1.67. The molecule has 130 valence electrons. The van der Waals surface area contributed by atoms with E-state index in [2.05, 4.69) is 5.32 Å². The molecule has 2 aromatic carbocycles. The largest absolute Gasteiger partial charge is 0.342 e. The molecule has 0 atom stereocenters. The number of nitrogens with one attached hydrogen (secondary N) is 1. The lowest BCUT2D eigenvalue weighted by Crippen LogP contribution is -2.29. The van der Waals surface area contributed by atoms with E-state index >= 15 is 0 Å². The second-order valence-corrected chi connectivity index (χ2v) is 6.85. The molecular weight excluding hydrogens is 339 g/mol. The zero-order valence-electron chi connectivity index (χ0n) is 13.7. The molecule has 0 bridgehead atoms. The predicted octanol–water partition coefficient (Wildman–Crippen LogP) is 3.79. The second-order valence-electron chi connectivity index (χ2n) is 5.84. The molecule has 1 aliphatic heterocycles. The van der Waals surface area contributed by atoms with Crippen molar-refractivity contribution in [3.63, 3.8) is 0 Å². The van der Waals surface area contributed by atoms with Crippen LogP contribution in [-0.2, 0) is 4.79 Å². The van der Waals surface area contributed by atoms with Gasteiger partial charge in [0.15, 0.2) is 0 Å². The molecule has 1 N–H and O–H groups in total. The van der Waals surface area contributed by atoms with Gasteiger partial charge in [-0.3, -0.25) is 9.59 Å². The summed E-state index contributed by atoms with van der Waals surface area (Å²) in [6, 6.07) is 12.9. The average Bonchev–Trinajstić information content (AvgIpc) is 3.14. The van der Waals surface area contributed by atoms with Crippen molar-refractivity contribution in [2.45, 2.75) is 17.7 Å². The molecule has 1 aliphatic rings. The summed E-state index contributed by atoms with van der Waals surface area (Å²) < 4.78 is 13.3. The minimum atomic E-state index is -0.406. The molecular formula is C19H19FN2O2S. The number of carbonyl (C=O) groups is 2. The minimum absolute atomic E-state index is 0.0999. The second kappa shape index (κ2) is 8.16. The molecule has 1 fully saturated rings. The van der Waals surface area contributed by atoms with Gasteiger partial charge in [0.05, 0.1) is 11.3 Å². The van der Waals surface area contributed by atoms with Crippen molar-refractivity contribution in [3.8, 4) is 0 Å². The SMILES string of the molecule is O=C(Nc1cccc(F)c1)c1ccccc1SCC(=O)N1CCCC1. The van der Waals surface area contributed by atoms with Crippen molar-refractivity contribution in [2.75, 3.05) is 24.2 Å². The van der Waals surface area contributed by atoms with Gasteiger partial charge in [0.25, 0.3) is 5.91 Å². The van der Waals surface area contributed by atoms with Gasteiger partial charge in [-0.1, -0.05) is 18.2 Å². The van der Waals surface area contributed by atoms with E-state index in [0.717, 1.165) is 30.8 Å². The smallest absolute Gasteiger partial charge is 0.256 e. The Morgan fingerprint density at radius 2 is 1.84 bits per heavy atom. The van der Waals surface area contributed by atoms with Crippen molar-refractivity contribution in [1.82, 2.24) is 4.90 Å². The van der Waals surface area contributed by atoms with Gasteiger partial charge in [-0.05, 0) is 43.2 Å². The number of anilines is 1. The molecule has 4 nitrogen and oxygen atoms in total. The van der Waals surface area contributed by atoms with Gasteiger partial charge >= 0.3 is 0 Å². The molecule has 0 aromatic heterocycles. The minimum Gasteiger partial charge on any atom is -0.342 e.